The van der Waals surface area contributed by atoms with Crippen LogP contribution in [0.1, 0.15) is 5.56 Å². The second-order valence-corrected chi connectivity index (χ2v) is 4.80. The van der Waals surface area contributed by atoms with Gasteiger partial charge in [-0.3, -0.25) is 0 Å². The number of methoxy groups -OCH3 is 1. The predicted octanol–water partition coefficient (Wildman–Crippen LogP) is 4.01. The van der Waals surface area contributed by atoms with E-state index in [-0.39, 0.29) is 0 Å². The van der Waals surface area contributed by atoms with E-state index >= 15 is 0 Å². The van der Waals surface area contributed by atoms with Crippen LogP contribution in [0.2, 0.25) is 0 Å². The van der Waals surface area contributed by atoms with Gasteiger partial charge in [-0.15, -0.1) is 0 Å². The average Bonchev–Trinajstić information content (AvgIpc) is 2.53. The van der Waals surface area contributed by atoms with E-state index in [2.05, 4.69) is 0 Å². The summed E-state index contributed by atoms with van der Waals surface area (Å²) in [6, 6.07) is 19.6. The maximum atomic E-state index is 6.00. The summed E-state index contributed by atoms with van der Waals surface area (Å²) in [5, 5.41) is 2.03. The molecule has 0 bridgehead atoms. The second-order valence-electron chi connectivity index (χ2n) is 4.80. The van der Waals surface area contributed by atoms with E-state index in [1.54, 1.807) is 7.11 Å². The molecule has 0 unspecified atom stereocenters. The summed E-state index contributed by atoms with van der Waals surface area (Å²) < 4.78 is 11.3. The maximum absolute atomic E-state index is 6.00. The van der Waals surface area contributed by atoms with E-state index in [1.807, 2.05) is 60.7 Å². The van der Waals surface area contributed by atoms with Crippen molar-refractivity contribution in [2.45, 2.75) is 6.61 Å². The Kier molecular flexibility index (Phi) is 3.65. The number of rotatable bonds is 4. The van der Waals surface area contributed by atoms with E-state index in [4.69, 9.17) is 15.2 Å². The molecule has 0 aromatic heterocycles. The standard InChI is InChI=1S/C18H17NO2/c1-20-17-10-3-2-6-13(17)12-21-18-11-5-7-14-15(18)8-4-9-16(14)19/h2-11H,12,19H2,1H3. The Morgan fingerprint density at radius 1 is 0.810 bits per heavy atom. The summed E-state index contributed by atoms with van der Waals surface area (Å²) in [5.74, 6) is 1.66. The van der Waals surface area contributed by atoms with Crippen molar-refractivity contribution in [3.63, 3.8) is 0 Å². The summed E-state index contributed by atoms with van der Waals surface area (Å²) >= 11 is 0. The molecule has 3 aromatic carbocycles. The summed E-state index contributed by atoms with van der Waals surface area (Å²) in [6.45, 7) is 0.456. The molecule has 3 heteroatoms. The van der Waals surface area contributed by atoms with E-state index < -0.39 is 0 Å². The fraction of sp³-hybridized carbons (Fsp3) is 0.111. The largest absolute Gasteiger partial charge is 0.496 e. The van der Waals surface area contributed by atoms with Crippen LogP contribution >= 0.6 is 0 Å². The molecule has 3 rings (SSSR count). The Morgan fingerprint density at radius 3 is 2.38 bits per heavy atom. The van der Waals surface area contributed by atoms with Crippen LogP contribution in [-0.2, 0) is 6.61 Å². The molecule has 106 valence electrons. The highest BCUT2D eigenvalue weighted by Crippen LogP contribution is 2.30. The third-order valence-corrected chi connectivity index (χ3v) is 3.49. The number of nitrogens with two attached hydrogens (primary N) is 1. The third kappa shape index (κ3) is 2.63. The zero-order chi connectivity index (χ0) is 14.7. The smallest absolute Gasteiger partial charge is 0.127 e. The highest BCUT2D eigenvalue weighted by molar-refractivity contribution is 5.96. The second kappa shape index (κ2) is 5.75. The van der Waals surface area contributed by atoms with Gasteiger partial charge >= 0.3 is 0 Å². The van der Waals surface area contributed by atoms with Crippen LogP contribution in [-0.4, -0.2) is 7.11 Å². The Labute approximate surface area is 123 Å². The highest BCUT2D eigenvalue weighted by Gasteiger charge is 2.06. The molecule has 0 saturated carbocycles. The zero-order valence-electron chi connectivity index (χ0n) is 11.9. The van der Waals surface area contributed by atoms with Gasteiger partial charge in [0.05, 0.1) is 7.11 Å². The van der Waals surface area contributed by atoms with Crippen molar-refractivity contribution in [2.75, 3.05) is 12.8 Å². The fourth-order valence-corrected chi connectivity index (χ4v) is 2.41. The molecule has 0 atom stereocenters. The van der Waals surface area contributed by atoms with Crippen LogP contribution in [0, 0.1) is 0 Å². The minimum Gasteiger partial charge on any atom is -0.496 e. The maximum Gasteiger partial charge on any atom is 0.127 e. The van der Waals surface area contributed by atoms with Gasteiger partial charge in [-0.05, 0) is 18.2 Å². The predicted molar refractivity (Wildman–Crippen MR) is 85.7 cm³/mol. The molecule has 2 N–H and O–H groups in total. The first-order chi connectivity index (χ1) is 10.3. The van der Waals surface area contributed by atoms with Gasteiger partial charge in [0.2, 0.25) is 0 Å². The molecule has 0 amide bonds. The van der Waals surface area contributed by atoms with Crippen molar-refractivity contribution in [3.8, 4) is 11.5 Å². The van der Waals surface area contributed by atoms with Gasteiger partial charge in [0.25, 0.3) is 0 Å². The molecule has 0 saturated heterocycles. The Balaban J connectivity index is 1.91. The molecule has 21 heavy (non-hydrogen) atoms. The van der Waals surface area contributed by atoms with Crippen molar-refractivity contribution in [2.24, 2.45) is 0 Å². The van der Waals surface area contributed by atoms with Gasteiger partial charge in [0.1, 0.15) is 18.1 Å². The topological polar surface area (TPSA) is 44.5 Å². The number of hydrogen-bond donors (Lipinski definition) is 1. The average molecular weight is 279 g/mol. The lowest BCUT2D eigenvalue weighted by atomic mass is 10.1. The minimum absolute atomic E-state index is 0.456. The molecule has 0 radical (unpaired) electrons. The summed E-state index contributed by atoms with van der Waals surface area (Å²) in [4.78, 5) is 0. The molecule has 0 heterocycles. The molecule has 0 spiro atoms. The molecule has 3 nitrogen and oxygen atoms in total. The summed E-state index contributed by atoms with van der Waals surface area (Å²) in [7, 11) is 1.66. The molecule has 0 aliphatic heterocycles. The third-order valence-electron chi connectivity index (χ3n) is 3.49. The first-order valence-corrected chi connectivity index (χ1v) is 6.81. The van der Waals surface area contributed by atoms with Gasteiger partial charge in [-0.2, -0.15) is 0 Å². The monoisotopic (exact) mass is 279 g/mol. The number of anilines is 1. The number of benzene rings is 3. The van der Waals surface area contributed by atoms with Crippen molar-refractivity contribution in [1.82, 2.24) is 0 Å². The first-order valence-electron chi connectivity index (χ1n) is 6.81. The van der Waals surface area contributed by atoms with Crippen molar-refractivity contribution in [1.29, 1.82) is 0 Å². The lowest BCUT2D eigenvalue weighted by Crippen LogP contribution is -1.99. The Bertz CT molecular complexity index is 768. The minimum atomic E-state index is 0.456. The van der Waals surface area contributed by atoms with Crippen LogP contribution in [0.3, 0.4) is 0 Å². The van der Waals surface area contributed by atoms with Gasteiger partial charge in [-0.1, -0.05) is 42.5 Å². The van der Waals surface area contributed by atoms with Crippen molar-refractivity contribution in [3.05, 3.63) is 66.2 Å². The van der Waals surface area contributed by atoms with Crippen LogP contribution < -0.4 is 15.2 Å². The lowest BCUT2D eigenvalue weighted by molar-refractivity contribution is 0.300. The quantitative estimate of drug-likeness (QED) is 0.734. The number of ether oxygens (including phenoxy) is 2. The summed E-state index contributed by atoms with van der Waals surface area (Å²) in [6.07, 6.45) is 0. The van der Waals surface area contributed by atoms with Crippen molar-refractivity contribution < 1.29 is 9.47 Å². The normalized spacial score (nSPS) is 10.5. The molecular formula is C18H17NO2. The number of nitrogen functional groups attached to an aromatic ring is 1. The van der Waals surface area contributed by atoms with E-state index in [9.17, 15) is 0 Å². The Morgan fingerprint density at radius 2 is 1.52 bits per heavy atom. The lowest BCUT2D eigenvalue weighted by Gasteiger charge is -2.12. The summed E-state index contributed by atoms with van der Waals surface area (Å²) in [5.41, 5.74) is 7.78. The van der Waals surface area contributed by atoms with Crippen LogP contribution in [0.5, 0.6) is 11.5 Å². The van der Waals surface area contributed by atoms with Gasteiger partial charge in [0.15, 0.2) is 0 Å². The van der Waals surface area contributed by atoms with Gasteiger partial charge < -0.3 is 15.2 Å². The molecule has 0 fully saturated rings. The molecule has 0 aliphatic carbocycles. The Hall–Kier alpha value is -2.68. The van der Waals surface area contributed by atoms with Gasteiger partial charge in [0, 0.05) is 22.0 Å². The van der Waals surface area contributed by atoms with Crippen molar-refractivity contribution >= 4 is 16.5 Å². The SMILES string of the molecule is COc1ccccc1COc1cccc2c(N)cccc12. The van der Waals surface area contributed by atoms with E-state index in [0.29, 0.717) is 6.61 Å². The van der Waals surface area contributed by atoms with Gasteiger partial charge in [-0.25, -0.2) is 0 Å². The van der Waals surface area contributed by atoms with Crippen LogP contribution in [0.15, 0.2) is 60.7 Å². The molecule has 0 aliphatic rings. The van der Waals surface area contributed by atoms with E-state index in [1.165, 1.54) is 0 Å². The van der Waals surface area contributed by atoms with Crippen LogP contribution in [0.4, 0.5) is 5.69 Å². The van der Waals surface area contributed by atoms with Crippen LogP contribution in [0.25, 0.3) is 10.8 Å². The zero-order valence-corrected chi connectivity index (χ0v) is 11.9. The first kappa shape index (κ1) is 13.3. The highest BCUT2D eigenvalue weighted by atomic mass is 16.5. The number of hydrogen-bond acceptors (Lipinski definition) is 3. The number of fused-ring (bicyclic) bond motifs is 1. The fourth-order valence-electron chi connectivity index (χ4n) is 2.41. The molecule has 3 aromatic rings. The van der Waals surface area contributed by atoms with E-state index in [0.717, 1.165) is 33.5 Å². The number of para-hydroxylation sites is 1. The molecular weight excluding hydrogens is 262 g/mol.